The van der Waals surface area contributed by atoms with Gasteiger partial charge in [0, 0.05) is 41.6 Å². The highest BCUT2D eigenvalue weighted by molar-refractivity contribution is 6.34. The molecule has 0 radical (unpaired) electrons. The molecule has 20 heavy (non-hydrogen) atoms. The van der Waals surface area contributed by atoms with Crippen LogP contribution in [0, 0.1) is 5.92 Å². The quantitative estimate of drug-likeness (QED) is 0.910. The Morgan fingerprint density at radius 1 is 1.30 bits per heavy atom. The molecular weight excluding hydrogens is 295 g/mol. The van der Waals surface area contributed by atoms with Crippen LogP contribution in [0.3, 0.4) is 0 Å². The molecule has 3 unspecified atom stereocenters. The molecule has 1 amide bonds. The fourth-order valence-electron chi connectivity index (χ4n) is 3.01. The molecule has 0 aromatic heterocycles. The van der Waals surface area contributed by atoms with Gasteiger partial charge in [-0.15, -0.1) is 0 Å². The lowest BCUT2D eigenvalue weighted by molar-refractivity contribution is -0.135. The lowest BCUT2D eigenvalue weighted by Gasteiger charge is -2.34. The Bertz CT molecular complexity index is 514. The van der Waals surface area contributed by atoms with Crippen LogP contribution in [0.1, 0.15) is 24.8 Å². The minimum absolute atomic E-state index is 0.102. The first-order chi connectivity index (χ1) is 9.56. The van der Waals surface area contributed by atoms with Crippen molar-refractivity contribution in [2.75, 3.05) is 19.6 Å². The summed E-state index contributed by atoms with van der Waals surface area (Å²) in [7, 11) is 0. The van der Waals surface area contributed by atoms with E-state index in [1.54, 1.807) is 6.07 Å². The van der Waals surface area contributed by atoms with E-state index in [0.717, 1.165) is 31.6 Å². The fourth-order valence-corrected chi connectivity index (χ4v) is 3.55. The van der Waals surface area contributed by atoms with Crippen LogP contribution in [0.4, 0.5) is 0 Å². The van der Waals surface area contributed by atoms with Gasteiger partial charge in [0.15, 0.2) is 0 Å². The molecule has 0 bridgehead atoms. The fraction of sp³-hybridized carbons (Fsp3) is 0.533. The molecule has 3 nitrogen and oxygen atoms in total. The normalized spacial score (nSPS) is 29.4. The van der Waals surface area contributed by atoms with Gasteiger partial charge in [0.25, 0.3) is 0 Å². The number of benzene rings is 1. The molecule has 3 rings (SSSR count). The summed E-state index contributed by atoms with van der Waals surface area (Å²) < 4.78 is 0. The first kappa shape index (κ1) is 14.2. The van der Waals surface area contributed by atoms with E-state index in [0.29, 0.717) is 10.0 Å². The maximum atomic E-state index is 12.6. The summed E-state index contributed by atoms with van der Waals surface area (Å²) in [4.78, 5) is 14.6. The summed E-state index contributed by atoms with van der Waals surface area (Å²) in [6, 6.07) is 5.85. The van der Waals surface area contributed by atoms with Crippen LogP contribution < -0.4 is 5.32 Å². The summed E-state index contributed by atoms with van der Waals surface area (Å²) in [5.74, 6) is 0.658. The van der Waals surface area contributed by atoms with E-state index >= 15 is 0 Å². The predicted octanol–water partition coefficient (Wildman–Crippen LogP) is 2.92. The van der Waals surface area contributed by atoms with Crippen LogP contribution in [0.2, 0.25) is 10.0 Å². The minimum Gasteiger partial charge on any atom is -0.337 e. The standard InChI is InChI=1S/C15H18Cl2N2O/c1-9-8-18-2-3-19(9)15(20)14-7-13(14)10-4-11(16)6-12(17)5-10/h4-6,9,13-14,18H,2-3,7-8H2,1H3. The number of piperazine rings is 1. The molecule has 108 valence electrons. The van der Waals surface area contributed by atoms with Crippen LogP contribution in [-0.2, 0) is 4.79 Å². The number of nitrogens with zero attached hydrogens (tertiary/aromatic N) is 1. The van der Waals surface area contributed by atoms with Crippen LogP contribution in [-0.4, -0.2) is 36.5 Å². The van der Waals surface area contributed by atoms with Crippen molar-refractivity contribution in [2.45, 2.75) is 25.3 Å². The summed E-state index contributed by atoms with van der Waals surface area (Å²) in [6.07, 6.45) is 0.909. The number of hydrogen-bond acceptors (Lipinski definition) is 2. The maximum absolute atomic E-state index is 12.6. The highest BCUT2D eigenvalue weighted by Gasteiger charge is 2.46. The molecule has 0 spiro atoms. The van der Waals surface area contributed by atoms with Crippen molar-refractivity contribution in [3.63, 3.8) is 0 Å². The summed E-state index contributed by atoms with van der Waals surface area (Å²) in [5.41, 5.74) is 1.09. The van der Waals surface area contributed by atoms with Crippen molar-refractivity contribution >= 4 is 29.1 Å². The molecule has 1 aromatic rings. The second-order valence-electron chi connectivity index (χ2n) is 5.74. The highest BCUT2D eigenvalue weighted by Crippen LogP contribution is 2.49. The van der Waals surface area contributed by atoms with Crippen molar-refractivity contribution in [1.82, 2.24) is 10.2 Å². The van der Waals surface area contributed by atoms with Gasteiger partial charge in [-0.25, -0.2) is 0 Å². The first-order valence-electron chi connectivity index (χ1n) is 7.03. The number of halogens is 2. The average molecular weight is 313 g/mol. The molecule has 2 fully saturated rings. The van der Waals surface area contributed by atoms with Gasteiger partial charge in [0.05, 0.1) is 0 Å². The highest BCUT2D eigenvalue weighted by atomic mass is 35.5. The van der Waals surface area contributed by atoms with E-state index in [4.69, 9.17) is 23.2 Å². The number of nitrogens with one attached hydrogen (secondary N) is 1. The Morgan fingerprint density at radius 2 is 2.00 bits per heavy atom. The Labute approximate surface area is 129 Å². The number of rotatable bonds is 2. The zero-order valence-electron chi connectivity index (χ0n) is 11.4. The maximum Gasteiger partial charge on any atom is 0.226 e. The van der Waals surface area contributed by atoms with E-state index in [9.17, 15) is 4.79 Å². The van der Waals surface area contributed by atoms with E-state index in [1.807, 2.05) is 17.0 Å². The Morgan fingerprint density at radius 3 is 2.65 bits per heavy atom. The summed E-state index contributed by atoms with van der Waals surface area (Å²) in [6.45, 7) is 4.67. The lowest BCUT2D eigenvalue weighted by Crippen LogP contribution is -2.52. The van der Waals surface area contributed by atoms with Crippen molar-refractivity contribution in [3.8, 4) is 0 Å². The molecule has 1 saturated heterocycles. The van der Waals surface area contributed by atoms with Crippen LogP contribution in [0.15, 0.2) is 18.2 Å². The molecule has 3 atom stereocenters. The third-order valence-electron chi connectivity index (χ3n) is 4.21. The van der Waals surface area contributed by atoms with E-state index in [2.05, 4.69) is 12.2 Å². The number of amides is 1. The van der Waals surface area contributed by atoms with E-state index in [-0.39, 0.29) is 23.8 Å². The molecule has 1 N–H and O–H groups in total. The third kappa shape index (κ3) is 2.80. The number of carbonyl (C=O) groups excluding carboxylic acids is 1. The van der Waals surface area contributed by atoms with E-state index < -0.39 is 0 Å². The van der Waals surface area contributed by atoms with E-state index in [1.165, 1.54) is 0 Å². The Kier molecular flexibility index (Phi) is 3.93. The largest absolute Gasteiger partial charge is 0.337 e. The molecule has 1 aliphatic carbocycles. The predicted molar refractivity (Wildman–Crippen MR) is 81.4 cm³/mol. The number of hydrogen-bond donors (Lipinski definition) is 1. The summed E-state index contributed by atoms with van der Waals surface area (Å²) >= 11 is 12.1. The van der Waals surface area contributed by atoms with Gasteiger partial charge < -0.3 is 10.2 Å². The smallest absolute Gasteiger partial charge is 0.226 e. The second-order valence-corrected chi connectivity index (χ2v) is 6.61. The molecule has 1 aliphatic heterocycles. The SMILES string of the molecule is CC1CNCCN1C(=O)C1CC1c1cc(Cl)cc(Cl)c1. The number of carbonyl (C=O) groups is 1. The lowest BCUT2D eigenvalue weighted by atomic mass is 10.1. The molecule has 2 aliphatic rings. The molecule has 1 aromatic carbocycles. The van der Waals surface area contributed by atoms with Gasteiger partial charge in [-0.05, 0) is 43.0 Å². The van der Waals surface area contributed by atoms with Crippen LogP contribution in [0.5, 0.6) is 0 Å². The molecular formula is C15H18Cl2N2O. The van der Waals surface area contributed by atoms with Crippen molar-refractivity contribution < 1.29 is 4.79 Å². The van der Waals surface area contributed by atoms with Crippen molar-refractivity contribution in [3.05, 3.63) is 33.8 Å². The third-order valence-corrected chi connectivity index (χ3v) is 4.64. The molecule has 5 heteroatoms. The first-order valence-corrected chi connectivity index (χ1v) is 7.79. The van der Waals surface area contributed by atoms with Gasteiger partial charge in [-0.3, -0.25) is 4.79 Å². The van der Waals surface area contributed by atoms with Gasteiger partial charge in [0.2, 0.25) is 5.91 Å². The average Bonchev–Trinajstić information content (AvgIpc) is 3.17. The minimum atomic E-state index is 0.102. The van der Waals surface area contributed by atoms with Crippen molar-refractivity contribution in [1.29, 1.82) is 0 Å². The zero-order chi connectivity index (χ0) is 14.3. The van der Waals surface area contributed by atoms with Crippen LogP contribution >= 0.6 is 23.2 Å². The van der Waals surface area contributed by atoms with Gasteiger partial charge >= 0.3 is 0 Å². The topological polar surface area (TPSA) is 32.3 Å². The molecule has 1 saturated carbocycles. The van der Waals surface area contributed by atoms with Crippen molar-refractivity contribution in [2.24, 2.45) is 5.92 Å². The van der Waals surface area contributed by atoms with Crippen LogP contribution in [0.25, 0.3) is 0 Å². The Balaban J connectivity index is 1.70. The molecule has 1 heterocycles. The zero-order valence-corrected chi connectivity index (χ0v) is 12.9. The second kappa shape index (κ2) is 5.55. The van der Waals surface area contributed by atoms with Gasteiger partial charge in [0.1, 0.15) is 0 Å². The van der Waals surface area contributed by atoms with Gasteiger partial charge in [-0.2, -0.15) is 0 Å². The van der Waals surface area contributed by atoms with Gasteiger partial charge in [-0.1, -0.05) is 23.2 Å². The Hall–Kier alpha value is -0.770. The summed E-state index contributed by atoms with van der Waals surface area (Å²) in [5, 5.41) is 4.59. The monoisotopic (exact) mass is 312 g/mol.